The molecule has 2 N–H and O–H groups in total. The number of hydrogen-bond donors (Lipinski definition) is 1. The fourth-order valence-electron chi connectivity index (χ4n) is 2.53. The van der Waals surface area contributed by atoms with E-state index >= 15 is 0 Å². The zero-order chi connectivity index (χ0) is 15.3. The number of nitrogens with zero attached hydrogens (tertiary/aromatic N) is 1. The maximum atomic E-state index is 12.5. The van der Waals surface area contributed by atoms with Gasteiger partial charge < -0.3 is 20.1 Å². The lowest BCUT2D eigenvalue weighted by atomic mass is 9.89. The minimum Gasteiger partial charge on any atom is -0.494 e. The molecule has 0 bridgehead atoms. The Bertz CT molecular complexity index is 467. The second-order valence-corrected chi connectivity index (χ2v) is 5.51. The molecule has 5 nitrogen and oxygen atoms in total. The average Bonchev–Trinajstić information content (AvgIpc) is 2.49. The van der Waals surface area contributed by atoms with E-state index < -0.39 is 5.54 Å². The summed E-state index contributed by atoms with van der Waals surface area (Å²) in [6.45, 7) is 4.26. The Morgan fingerprint density at radius 3 is 2.52 bits per heavy atom. The third kappa shape index (κ3) is 3.95. The average molecular weight is 292 g/mol. The van der Waals surface area contributed by atoms with Crippen LogP contribution in [0.1, 0.15) is 25.3 Å². The number of carbonyl (C=O) groups excluding carboxylic acids is 1. The fraction of sp³-hybridized carbons (Fsp3) is 0.562. The highest BCUT2D eigenvalue weighted by atomic mass is 16.5. The van der Waals surface area contributed by atoms with Crippen LogP contribution in [-0.2, 0) is 16.1 Å². The lowest BCUT2D eigenvalue weighted by molar-refractivity contribution is -0.139. The van der Waals surface area contributed by atoms with Gasteiger partial charge >= 0.3 is 0 Å². The molecule has 0 saturated carbocycles. The summed E-state index contributed by atoms with van der Waals surface area (Å²) >= 11 is 0. The summed E-state index contributed by atoms with van der Waals surface area (Å²) in [5.41, 5.74) is 6.51. The van der Waals surface area contributed by atoms with Crippen molar-refractivity contribution in [1.82, 2.24) is 4.90 Å². The predicted molar refractivity (Wildman–Crippen MR) is 81.1 cm³/mol. The molecule has 5 heteroatoms. The number of nitrogens with two attached hydrogens (primary N) is 1. The lowest BCUT2D eigenvalue weighted by Crippen LogP contribution is -2.57. The molecule has 1 aromatic carbocycles. The molecular formula is C16H24N2O3. The minimum atomic E-state index is -0.780. The van der Waals surface area contributed by atoms with Crippen molar-refractivity contribution in [3.8, 4) is 5.75 Å². The van der Waals surface area contributed by atoms with Crippen LogP contribution in [0.5, 0.6) is 5.75 Å². The standard InChI is InChI=1S/C16H24N2O3/c1-3-21-14-6-4-13(5-7-14)12-18(2)15(19)16(17)8-10-20-11-9-16/h4-7H,3,8-12,17H2,1-2H3. The molecule has 0 aromatic heterocycles. The van der Waals surface area contributed by atoms with Crippen molar-refractivity contribution in [2.24, 2.45) is 5.73 Å². The number of rotatable bonds is 5. The summed E-state index contributed by atoms with van der Waals surface area (Å²) in [4.78, 5) is 14.2. The molecule has 0 aliphatic carbocycles. The molecule has 1 fully saturated rings. The van der Waals surface area contributed by atoms with Gasteiger partial charge in [-0.15, -0.1) is 0 Å². The zero-order valence-electron chi connectivity index (χ0n) is 12.8. The number of hydrogen-bond acceptors (Lipinski definition) is 4. The molecular weight excluding hydrogens is 268 g/mol. The van der Waals surface area contributed by atoms with E-state index in [2.05, 4.69) is 0 Å². The Morgan fingerprint density at radius 2 is 1.95 bits per heavy atom. The van der Waals surface area contributed by atoms with Crippen molar-refractivity contribution in [3.63, 3.8) is 0 Å². The molecule has 1 aromatic rings. The summed E-state index contributed by atoms with van der Waals surface area (Å²) in [5, 5.41) is 0. The monoisotopic (exact) mass is 292 g/mol. The van der Waals surface area contributed by atoms with E-state index in [-0.39, 0.29) is 5.91 Å². The van der Waals surface area contributed by atoms with E-state index in [0.29, 0.717) is 39.2 Å². The van der Waals surface area contributed by atoms with Crippen LogP contribution in [0.2, 0.25) is 0 Å². The van der Waals surface area contributed by atoms with Gasteiger partial charge in [-0.3, -0.25) is 4.79 Å². The normalized spacial score (nSPS) is 17.3. The number of likely N-dealkylation sites (N-methyl/N-ethyl adjacent to an activating group) is 1. The van der Waals surface area contributed by atoms with Crippen molar-refractivity contribution in [2.75, 3.05) is 26.9 Å². The second kappa shape index (κ2) is 6.91. The topological polar surface area (TPSA) is 64.8 Å². The van der Waals surface area contributed by atoms with Crippen LogP contribution in [-0.4, -0.2) is 43.2 Å². The van der Waals surface area contributed by atoms with Gasteiger partial charge in [0.15, 0.2) is 0 Å². The first-order valence-electron chi connectivity index (χ1n) is 7.39. The summed E-state index contributed by atoms with van der Waals surface area (Å²) in [7, 11) is 1.79. The third-order valence-electron chi connectivity index (χ3n) is 3.81. The van der Waals surface area contributed by atoms with Crippen molar-refractivity contribution >= 4 is 5.91 Å². The molecule has 1 amide bonds. The number of ether oxygens (including phenoxy) is 2. The highest BCUT2D eigenvalue weighted by Gasteiger charge is 2.37. The van der Waals surface area contributed by atoms with Crippen molar-refractivity contribution in [2.45, 2.75) is 31.8 Å². The van der Waals surface area contributed by atoms with Crippen LogP contribution in [0, 0.1) is 0 Å². The summed E-state index contributed by atoms with van der Waals surface area (Å²) in [5.74, 6) is 0.828. The summed E-state index contributed by atoms with van der Waals surface area (Å²) < 4.78 is 10.7. The molecule has 0 unspecified atom stereocenters. The van der Waals surface area contributed by atoms with Crippen LogP contribution < -0.4 is 10.5 Å². The Kier molecular flexibility index (Phi) is 5.20. The highest BCUT2D eigenvalue weighted by Crippen LogP contribution is 2.21. The van der Waals surface area contributed by atoms with Crippen molar-refractivity contribution in [1.29, 1.82) is 0 Å². The third-order valence-corrected chi connectivity index (χ3v) is 3.81. The van der Waals surface area contributed by atoms with Crippen molar-refractivity contribution in [3.05, 3.63) is 29.8 Å². The maximum absolute atomic E-state index is 12.5. The molecule has 21 heavy (non-hydrogen) atoms. The van der Waals surface area contributed by atoms with Gasteiger partial charge in [0, 0.05) is 26.8 Å². The Balaban J connectivity index is 1.96. The van der Waals surface area contributed by atoms with Crippen LogP contribution in [0.3, 0.4) is 0 Å². The van der Waals surface area contributed by atoms with E-state index in [1.165, 1.54) is 0 Å². The van der Waals surface area contributed by atoms with Gasteiger partial charge in [0.05, 0.1) is 12.1 Å². The van der Waals surface area contributed by atoms with Crippen LogP contribution in [0.4, 0.5) is 0 Å². The van der Waals surface area contributed by atoms with Crippen LogP contribution in [0.25, 0.3) is 0 Å². The lowest BCUT2D eigenvalue weighted by Gasteiger charge is -2.35. The molecule has 1 saturated heterocycles. The molecule has 2 rings (SSSR count). The first kappa shape index (κ1) is 15.8. The predicted octanol–water partition coefficient (Wildman–Crippen LogP) is 1.55. The van der Waals surface area contributed by atoms with Crippen LogP contribution in [0.15, 0.2) is 24.3 Å². The van der Waals surface area contributed by atoms with E-state index in [1.807, 2.05) is 31.2 Å². The quantitative estimate of drug-likeness (QED) is 0.894. The first-order valence-corrected chi connectivity index (χ1v) is 7.39. The zero-order valence-corrected chi connectivity index (χ0v) is 12.8. The minimum absolute atomic E-state index is 0.0142. The van der Waals surface area contributed by atoms with E-state index in [4.69, 9.17) is 15.2 Å². The van der Waals surface area contributed by atoms with Gasteiger partial charge in [0.2, 0.25) is 5.91 Å². The maximum Gasteiger partial charge on any atom is 0.242 e. The smallest absolute Gasteiger partial charge is 0.242 e. The number of amides is 1. The van der Waals surface area contributed by atoms with Gasteiger partial charge in [-0.1, -0.05) is 12.1 Å². The Hall–Kier alpha value is -1.59. The number of carbonyl (C=O) groups is 1. The van der Waals surface area contributed by atoms with Gasteiger partial charge in [0.1, 0.15) is 5.75 Å². The molecule has 0 radical (unpaired) electrons. The molecule has 0 atom stereocenters. The Labute approximate surface area is 126 Å². The van der Waals surface area contributed by atoms with E-state index in [1.54, 1.807) is 11.9 Å². The second-order valence-electron chi connectivity index (χ2n) is 5.51. The summed E-state index contributed by atoms with van der Waals surface area (Å²) in [6.07, 6.45) is 1.17. The van der Waals surface area contributed by atoms with Gasteiger partial charge in [0.25, 0.3) is 0 Å². The Morgan fingerprint density at radius 1 is 1.33 bits per heavy atom. The van der Waals surface area contributed by atoms with Crippen LogP contribution >= 0.6 is 0 Å². The van der Waals surface area contributed by atoms with Gasteiger partial charge in [-0.05, 0) is 37.5 Å². The number of benzene rings is 1. The van der Waals surface area contributed by atoms with Gasteiger partial charge in [-0.25, -0.2) is 0 Å². The van der Waals surface area contributed by atoms with E-state index in [9.17, 15) is 4.79 Å². The largest absolute Gasteiger partial charge is 0.494 e. The SMILES string of the molecule is CCOc1ccc(CN(C)C(=O)C2(N)CCOCC2)cc1. The molecule has 1 heterocycles. The molecule has 116 valence electrons. The first-order chi connectivity index (χ1) is 10.0. The van der Waals surface area contributed by atoms with Crippen molar-refractivity contribution < 1.29 is 14.3 Å². The summed E-state index contributed by atoms with van der Waals surface area (Å²) in [6, 6.07) is 7.79. The molecule has 0 spiro atoms. The highest BCUT2D eigenvalue weighted by molar-refractivity contribution is 5.86. The van der Waals surface area contributed by atoms with Gasteiger partial charge in [-0.2, -0.15) is 0 Å². The fourth-order valence-corrected chi connectivity index (χ4v) is 2.53. The molecule has 1 aliphatic rings. The van der Waals surface area contributed by atoms with E-state index in [0.717, 1.165) is 11.3 Å². The molecule has 1 aliphatic heterocycles.